The number of aryl methyl sites for hydroxylation is 1. The van der Waals surface area contributed by atoms with Crippen LogP contribution in [0.2, 0.25) is 0 Å². The molecule has 0 fully saturated rings. The van der Waals surface area contributed by atoms with Gasteiger partial charge in [-0.1, -0.05) is 0 Å². The van der Waals surface area contributed by atoms with Crippen LogP contribution in [0.5, 0.6) is 0 Å². The average Bonchev–Trinajstić information content (AvgIpc) is 2.55. The number of nitrogens with zero attached hydrogens (tertiary/aromatic N) is 2. The van der Waals surface area contributed by atoms with Crippen LogP contribution in [-0.2, 0) is 16.6 Å². The van der Waals surface area contributed by atoms with Gasteiger partial charge >= 0.3 is 11.9 Å². The number of carbonyl (C=O) groups excluding carboxylic acids is 1. The minimum absolute atomic E-state index is 0.218. The van der Waals surface area contributed by atoms with Crippen LogP contribution >= 0.6 is 0 Å². The molecule has 0 aromatic carbocycles. The molecule has 0 amide bonds. The van der Waals surface area contributed by atoms with E-state index in [-0.39, 0.29) is 5.69 Å². The molecule has 1 N–H and O–H groups in total. The van der Waals surface area contributed by atoms with Gasteiger partial charge in [0.2, 0.25) is 0 Å². The number of carboxylic acid groups (broad SMARTS) is 1. The zero-order chi connectivity index (χ0) is 11.4. The molecule has 6 heteroatoms. The monoisotopic (exact) mass is 210 g/mol. The highest BCUT2D eigenvalue weighted by Crippen LogP contribution is 2.10. The molecule has 0 unspecified atom stereocenters. The quantitative estimate of drug-likeness (QED) is 0.573. The first-order chi connectivity index (χ1) is 7.06. The van der Waals surface area contributed by atoms with Crippen LogP contribution in [-0.4, -0.2) is 33.9 Å². The van der Waals surface area contributed by atoms with Crippen LogP contribution in [0.1, 0.15) is 16.1 Å². The number of methoxy groups -OCH3 is 1. The normalized spacial score (nSPS) is 10.5. The maximum atomic E-state index is 11.3. The molecule has 0 radical (unpaired) electrons. The van der Waals surface area contributed by atoms with Gasteiger partial charge in [0.1, 0.15) is 0 Å². The summed E-state index contributed by atoms with van der Waals surface area (Å²) >= 11 is 0. The van der Waals surface area contributed by atoms with Gasteiger partial charge in [0, 0.05) is 18.7 Å². The summed E-state index contributed by atoms with van der Waals surface area (Å²) in [5.74, 6) is -1.64. The van der Waals surface area contributed by atoms with E-state index in [1.165, 1.54) is 24.1 Å². The lowest BCUT2D eigenvalue weighted by Gasteiger charge is -2.00. The highest BCUT2D eigenvalue weighted by atomic mass is 16.5. The Kier molecular flexibility index (Phi) is 3.22. The van der Waals surface area contributed by atoms with E-state index >= 15 is 0 Å². The first kappa shape index (κ1) is 11.0. The molecule has 15 heavy (non-hydrogen) atoms. The van der Waals surface area contributed by atoms with E-state index in [0.29, 0.717) is 5.56 Å². The van der Waals surface area contributed by atoms with Crippen molar-refractivity contribution in [3.8, 4) is 0 Å². The lowest BCUT2D eigenvalue weighted by Crippen LogP contribution is -2.09. The summed E-state index contributed by atoms with van der Waals surface area (Å²) in [6.07, 6.45) is 3.62. The molecule has 1 aromatic heterocycles. The van der Waals surface area contributed by atoms with Crippen LogP contribution < -0.4 is 0 Å². The second-order valence-corrected chi connectivity index (χ2v) is 2.74. The van der Waals surface area contributed by atoms with E-state index in [1.54, 1.807) is 7.05 Å². The average molecular weight is 210 g/mol. The summed E-state index contributed by atoms with van der Waals surface area (Å²) in [6.45, 7) is 0. The Morgan fingerprint density at radius 2 is 2.27 bits per heavy atom. The number of carbonyl (C=O) groups is 2. The first-order valence-electron chi connectivity index (χ1n) is 4.07. The van der Waals surface area contributed by atoms with Crippen molar-refractivity contribution in [1.82, 2.24) is 9.78 Å². The molecule has 1 rings (SSSR count). The van der Waals surface area contributed by atoms with Gasteiger partial charge in [-0.3, -0.25) is 4.68 Å². The minimum Gasteiger partial charge on any atom is -0.478 e. The zero-order valence-corrected chi connectivity index (χ0v) is 8.30. The third-order valence-electron chi connectivity index (χ3n) is 1.75. The molecular formula is C9H10N2O4. The van der Waals surface area contributed by atoms with Crippen LogP contribution in [0.4, 0.5) is 0 Å². The topological polar surface area (TPSA) is 81.4 Å². The molecular weight excluding hydrogens is 200 g/mol. The molecule has 0 aliphatic carbocycles. The summed E-state index contributed by atoms with van der Waals surface area (Å²) in [7, 11) is 2.82. The Morgan fingerprint density at radius 1 is 1.60 bits per heavy atom. The molecule has 1 aromatic rings. The fourth-order valence-electron chi connectivity index (χ4n) is 1.08. The van der Waals surface area contributed by atoms with Gasteiger partial charge in [-0.05, 0) is 6.08 Å². The van der Waals surface area contributed by atoms with Crippen molar-refractivity contribution in [2.45, 2.75) is 0 Å². The molecule has 0 spiro atoms. The lowest BCUT2D eigenvalue weighted by molar-refractivity contribution is -0.131. The van der Waals surface area contributed by atoms with Crippen molar-refractivity contribution < 1.29 is 19.4 Å². The third-order valence-corrected chi connectivity index (χ3v) is 1.75. The molecule has 0 aliphatic rings. The van der Waals surface area contributed by atoms with Crippen LogP contribution in [0.3, 0.4) is 0 Å². The predicted octanol–water partition coefficient (Wildman–Crippen LogP) is 0.304. The van der Waals surface area contributed by atoms with Crippen molar-refractivity contribution in [2.24, 2.45) is 7.05 Å². The predicted molar refractivity (Wildman–Crippen MR) is 51.2 cm³/mol. The Hall–Kier alpha value is -2.11. The van der Waals surface area contributed by atoms with E-state index in [1.807, 2.05) is 0 Å². The van der Waals surface area contributed by atoms with E-state index in [9.17, 15) is 9.59 Å². The molecule has 0 bridgehead atoms. The van der Waals surface area contributed by atoms with Gasteiger partial charge in [0.15, 0.2) is 5.69 Å². The fraction of sp³-hybridized carbons (Fsp3) is 0.222. The van der Waals surface area contributed by atoms with Gasteiger partial charge in [-0.2, -0.15) is 5.10 Å². The maximum Gasteiger partial charge on any atom is 0.356 e. The van der Waals surface area contributed by atoms with Crippen LogP contribution in [0, 0.1) is 0 Å². The standard InChI is InChI=1S/C9H10N2O4/c1-11-8(9(14)15-2)6(5-10-11)3-4-7(12)13/h3-5H,1-2H3,(H,12,13). The minimum atomic E-state index is -1.09. The number of ether oxygens (including phenoxy) is 1. The van der Waals surface area contributed by atoms with E-state index in [0.717, 1.165) is 6.08 Å². The van der Waals surface area contributed by atoms with Crippen molar-refractivity contribution in [2.75, 3.05) is 7.11 Å². The van der Waals surface area contributed by atoms with E-state index in [4.69, 9.17) is 5.11 Å². The maximum absolute atomic E-state index is 11.3. The Labute approximate surface area is 85.8 Å². The number of carboxylic acids is 1. The summed E-state index contributed by atoms with van der Waals surface area (Å²) < 4.78 is 5.87. The van der Waals surface area contributed by atoms with E-state index in [2.05, 4.69) is 9.84 Å². The SMILES string of the molecule is COC(=O)c1c(C=CC(=O)O)cnn1C. The molecule has 0 aliphatic heterocycles. The number of rotatable bonds is 3. The van der Waals surface area contributed by atoms with E-state index < -0.39 is 11.9 Å². The third kappa shape index (κ3) is 2.43. The zero-order valence-electron chi connectivity index (χ0n) is 8.30. The second kappa shape index (κ2) is 4.41. The number of aliphatic carboxylic acids is 1. The summed E-state index contributed by atoms with van der Waals surface area (Å²) in [4.78, 5) is 21.6. The Morgan fingerprint density at radius 3 is 2.80 bits per heavy atom. The number of esters is 1. The lowest BCUT2D eigenvalue weighted by atomic mass is 10.2. The summed E-state index contributed by atoms with van der Waals surface area (Å²) in [5, 5.41) is 12.3. The molecule has 0 atom stereocenters. The van der Waals surface area contributed by atoms with Crippen molar-refractivity contribution >= 4 is 18.0 Å². The second-order valence-electron chi connectivity index (χ2n) is 2.74. The Balaban J connectivity index is 3.09. The Bertz CT molecular complexity index is 420. The number of hydrogen-bond acceptors (Lipinski definition) is 4. The van der Waals surface area contributed by atoms with Crippen molar-refractivity contribution in [1.29, 1.82) is 0 Å². The van der Waals surface area contributed by atoms with Gasteiger partial charge in [0.25, 0.3) is 0 Å². The molecule has 6 nitrogen and oxygen atoms in total. The molecule has 80 valence electrons. The van der Waals surface area contributed by atoms with Crippen molar-refractivity contribution in [3.05, 3.63) is 23.5 Å². The highest BCUT2D eigenvalue weighted by molar-refractivity contribution is 5.93. The first-order valence-corrected chi connectivity index (χ1v) is 4.07. The fourth-order valence-corrected chi connectivity index (χ4v) is 1.08. The molecule has 1 heterocycles. The molecule has 0 saturated carbocycles. The smallest absolute Gasteiger partial charge is 0.356 e. The van der Waals surface area contributed by atoms with Crippen LogP contribution in [0.15, 0.2) is 12.3 Å². The largest absolute Gasteiger partial charge is 0.478 e. The number of aromatic nitrogens is 2. The van der Waals surface area contributed by atoms with Gasteiger partial charge in [-0.15, -0.1) is 0 Å². The highest BCUT2D eigenvalue weighted by Gasteiger charge is 2.15. The summed E-state index contributed by atoms with van der Waals surface area (Å²) in [5.41, 5.74) is 0.627. The van der Waals surface area contributed by atoms with Gasteiger partial charge in [0.05, 0.1) is 13.3 Å². The molecule has 0 saturated heterocycles. The van der Waals surface area contributed by atoms with Gasteiger partial charge in [-0.25, -0.2) is 9.59 Å². The van der Waals surface area contributed by atoms with Crippen molar-refractivity contribution in [3.63, 3.8) is 0 Å². The summed E-state index contributed by atoms with van der Waals surface area (Å²) in [6, 6.07) is 0. The van der Waals surface area contributed by atoms with Gasteiger partial charge < -0.3 is 9.84 Å². The van der Waals surface area contributed by atoms with Crippen LogP contribution in [0.25, 0.3) is 6.08 Å². The number of hydrogen-bond donors (Lipinski definition) is 1.